The molecule has 0 saturated carbocycles. The van der Waals surface area contributed by atoms with Gasteiger partial charge >= 0.3 is 0 Å². The third-order valence-electron chi connectivity index (χ3n) is 4.18. The molecule has 134 valence electrons. The highest BCUT2D eigenvalue weighted by Crippen LogP contribution is 2.22. The van der Waals surface area contributed by atoms with Crippen molar-refractivity contribution in [2.75, 3.05) is 20.7 Å². The number of nitrogens with zero attached hydrogens (tertiary/aromatic N) is 1. The fourth-order valence-electron chi connectivity index (χ4n) is 2.49. The molecule has 2 rings (SSSR count). The van der Waals surface area contributed by atoms with Gasteiger partial charge in [-0.3, -0.25) is 4.99 Å². The molecule has 0 aliphatic carbocycles. The van der Waals surface area contributed by atoms with Gasteiger partial charge in [0.15, 0.2) is 5.96 Å². The van der Waals surface area contributed by atoms with Gasteiger partial charge in [-0.2, -0.15) is 0 Å². The minimum Gasteiger partial charge on any atom is -0.508 e. The third kappa shape index (κ3) is 5.41. The molecule has 3 N–H and O–H groups in total. The van der Waals surface area contributed by atoms with Crippen LogP contribution in [0, 0.1) is 6.92 Å². The van der Waals surface area contributed by atoms with Crippen LogP contribution in [0.15, 0.2) is 47.5 Å². The summed E-state index contributed by atoms with van der Waals surface area (Å²) >= 11 is 0. The highest BCUT2D eigenvalue weighted by Gasteiger charge is 2.08. The monoisotopic (exact) mass is 341 g/mol. The lowest BCUT2D eigenvalue weighted by atomic mass is 10.0. The topological polar surface area (TPSA) is 65.9 Å². The average molecular weight is 341 g/mol. The Bertz CT molecular complexity index is 711. The Balaban J connectivity index is 1.89. The van der Waals surface area contributed by atoms with Crippen LogP contribution in [0.2, 0.25) is 0 Å². The van der Waals surface area contributed by atoms with Gasteiger partial charge in [0, 0.05) is 25.7 Å². The number of hydrogen-bond donors (Lipinski definition) is 3. The smallest absolute Gasteiger partial charge is 0.191 e. The zero-order chi connectivity index (χ0) is 18.2. The first-order valence-corrected chi connectivity index (χ1v) is 8.40. The summed E-state index contributed by atoms with van der Waals surface area (Å²) in [4.78, 5) is 4.24. The second-order valence-electron chi connectivity index (χ2n) is 6.11. The van der Waals surface area contributed by atoms with Gasteiger partial charge in [0.1, 0.15) is 11.5 Å². The molecule has 0 fully saturated rings. The van der Waals surface area contributed by atoms with Crippen molar-refractivity contribution in [2.45, 2.75) is 26.3 Å². The van der Waals surface area contributed by atoms with E-state index in [1.165, 1.54) is 11.1 Å². The maximum Gasteiger partial charge on any atom is 0.191 e. The van der Waals surface area contributed by atoms with Crippen LogP contribution < -0.4 is 15.4 Å². The lowest BCUT2D eigenvalue weighted by Gasteiger charge is -2.17. The minimum atomic E-state index is 0.233. The SMILES string of the molecule is CN=C(NCc1cc(OC)ccc1O)NCC(C)c1ccc(C)cc1. The van der Waals surface area contributed by atoms with Crippen LogP contribution in [-0.4, -0.2) is 31.8 Å². The molecular weight excluding hydrogens is 314 g/mol. The number of ether oxygens (including phenoxy) is 1. The molecule has 5 heteroatoms. The van der Waals surface area contributed by atoms with Gasteiger partial charge in [0.25, 0.3) is 0 Å². The highest BCUT2D eigenvalue weighted by atomic mass is 16.5. The van der Waals surface area contributed by atoms with E-state index in [1.54, 1.807) is 26.3 Å². The lowest BCUT2D eigenvalue weighted by molar-refractivity contribution is 0.410. The van der Waals surface area contributed by atoms with Crippen LogP contribution in [0.1, 0.15) is 29.5 Å². The van der Waals surface area contributed by atoms with Crippen LogP contribution in [-0.2, 0) is 6.54 Å². The van der Waals surface area contributed by atoms with E-state index in [0.29, 0.717) is 24.2 Å². The molecule has 0 saturated heterocycles. The van der Waals surface area contributed by atoms with Crippen molar-refractivity contribution in [3.8, 4) is 11.5 Å². The van der Waals surface area contributed by atoms with E-state index in [-0.39, 0.29) is 5.75 Å². The summed E-state index contributed by atoms with van der Waals surface area (Å²) in [6.07, 6.45) is 0. The number of aryl methyl sites for hydroxylation is 1. The van der Waals surface area contributed by atoms with Crippen LogP contribution in [0.5, 0.6) is 11.5 Å². The van der Waals surface area contributed by atoms with Gasteiger partial charge < -0.3 is 20.5 Å². The van der Waals surface area contributed by atoms with E-state index in [0.717, 1.165) is 12.1 Å². The van der Waals surface area contributed by atoms with Crippen molar-refractivity contribution >= 4 is 5.96 Å². The summed E-state index contributed by atoms with van der Waals surface area (Å²) in [6.45, 7) is 5.50. The molecule has 1 unspecified atom stereocenters. The normalized spacial score (nSPS) is 12.6. The number of benzene rings is 2. The quantitative estimate of drug-likeness (QED) is 0.558. The molecule has 5 nitrogen and oxygen atoms in total. The molecule has 1 atom stereocenters. The van der Waals surface area contributed by atoms with E-state index < -0.39 is 0 Å². The molecule has 0 heterocycles. The molecule has 0 aliphatic rings. The van der Waals surface area contributed by atoms with Gasteiger partial charge in [0.05, 0.1) is 7.11 Å². The number of phenolic OH excluding ortho intramolecular Hbond substituents is 1. The van der Waals surface area contributed by atoms with Crippen molar-refractivity contribution in [1.82, 2.24) is 10.6 Å². The van der Waals surface area contributed by atoms with Crippen LogP contribution in [0.4, 0.5) is 0 Å². The van der Waals surface area contributed by atoms with Crippen LogP contribution in [0.3, 0.4) is 0 Å². The van der Waals surface area contributed by atoms with Gasteiger partial charge in [0.2, 0.25) is 0 Å². The van der Waals surface area contributed by atoms with Crippen LogP contribution in [0.25, 0.3) is 0 Å². The highest BCUT2D eigenvalue weighted by molar-refractivity contribution is 5.79. The molecular formula is C20H27N3O2. The first-order valence-electron chi connectivity index (χ1n) is 8.40. The van der Waals surface area contributed by atoms with Crippen molar-refractivity contribution in [1.29, 1.82) is 0 Å². The Morgan fingerprint density at radius 1 is 1.16 bits per heavy atom. The van der Waals surface area contributed by atoms with Gasteiger partial charge in [-0.1, -0.05) is 36.8 Å². The molecule has 0 aliphatic heterocycles. The number of nitrogens with one attached hydrogen (secondary N) is 2. The first kappa shape index (κ1) is 18.6. The standard InChI is InChI=1S/C20H27N3O2/c1-14-5-7-16(8-6-14)15(2)12-22-20(21-3)23-13-17-11-18(25-4)9-10-19(17)24/h5-11,15,24H,12-13H2,1-4H3,(H2,21,22,23). The maximum atomic E-state index is 9.95. The third-order valence-corrected chi connectivity index (χ3v) is 4.18. The summed E-state index contributed by atoms with van der Waals surface area (Å²) < 4.78 is 5.19. The zero-order valence-corrected chi connectivity index (χ0v) is 15.3. The van der Waals surface area contributed by atoms with Crippen molar-refractivity contribution in [2.24, 2.45) is 4.99 Å². The predicted molar refractivity (Wildman–Crippen MR) is 102 cm³/mol. The lowest BCUT2D eigenvalue weighted by Crippen LogP contribution is -2.38. The number of hydrogen-bond acceptors (Lipinski definition) is 3. The molecule has 0 radical (unpaired) electrons. The van der Waals surface area contributed by atoms with Gasteiger partial charge in [-0.05, 0) is 36.6 Å². The number of guanidine groups is 1. The Labute approximate surface area is 149 Å². The molecule has 0 bridgehead atoms. The number of phenols is 1. The molecule has 2 aromatic rings. The second kappa shape index (κ2) is 8.97. The predicted octanol–water partition coefficient (Wildman–Crippen LogP) is 3.18. The molecule has 0 aromatic heterocycles. The van der Waals surface area contributed by atoms with Crippen LogP contribution >= 0.6 is 0 Å². The van der Waals surface area contributed by atoms with E-state index in [9.17, 15) is 5.11 Å². The van der Waals surface area contributed by atoms with Crippen molar-refractivity contribution in [3.05, 3.63) is 59.2 Å². The fourth-order valence-corrected chi connectivity index (χ4v) is 2.49. The van der Waals surface area contributed by atoms with Gasteiger partial charge in [-0.25, -0.2) is 0 Å². The van der Waals surface area contributed by atoms with E-state index in [1.807, 2.05) is 6.07 Å². The largest absolute Gasteiger partial charge is 0.508 e. The number of aromatic hydroxyl groups is 1. The van der Waals surface area contributed by atoms with E-state index >= 15 is 0 Å². The van der Waals surface area contributed by atoms with Crippen molar-refractivity contribution in [3.63, 3.8) is 0 Å². The summed E-state index contributed by atoms with van der Waals surface area (Å²) in [7, 11) is 3.34. The average Bonchev–Trinajstić information content (AvgIpc) is 2.63. The number of methoxy groups -OCH3 is 1. The van der Waals surface area contributed by atoms with E-state index in [2.05, 4.69) is 53.7 Å². The zero-order valence-electron chi connectivity index (χ0n) is 15.3. The second-order valence-corrected chi connectivity index (χ2v) is 6.11. The summed E-state index contributed by atoms with van der Waals surface area (Å²) in [5, 5.41) is 16.5. The Kier molecular flexibility index (Phi) is 6.69. The molecule has 0 amide bonds. The van der Waals surface area contributed by atoms with E-state index in [4.69, 9.17) is 4.74 Å². The maximum absolute atomic E-state index is 9.95. The molecule has 2 aromatic carbocycles. The van der Waals surface area contributed by atoms with Crippen molar-refractivity contribution < 1.29 is 9.84 Å². The summed E-state index contributed by atoms with van der Waals surface area (Å²) in [5.74, 6) is 2.01. The minimum absolute atomic E-state index is 0.233. The fraction of sp³-hybridized carbons (Fsp3) is 0.350. The Hall–Kier alpha value is -2.69. The summed E-state index contributed by atoms with van der Waals surface area (Å²) in [6, 6.07) is 13.7. The first-order chi connectivity index (χ1) is 12.0. The summed E-state index contributed by atoms with van der Waals surface area (Å²) in [5.41, 5.74) is 3.31. The Morgan fingerprint density at radius 2 is 1.88 bits per heavy atom. The molecule has 0 spiro atoms. The van der Waals surface area contributed by atoms with Gasteiger partial charge in [-0.15, -0.1) is 0 Å². The number of aliphatic imine (C=N–C) groups is 1. The Morgan fingerprint density at radius 3 is 2.52 bits per heavy atom. The number of rotatable bonds is 6. The molecule has 25 heavy (non-hydrogen) atoms.